The van der Waals surface area contributed by atoms with Crippen LogP contribution in [0, 0.1) is 0 Å². The molecule has 18 heavy (non-hydrogen) atoms. The lowest BCUT2D eigenvalue weighted by Gasteiger charge is -2.07. The molecule has 0 aliphatic heterocycles. The molecule has 0 aliphatic carbocycles. The number of hydrogen-bond acceptors (Lipinski definition) is 1. The molecule has 0 heterocycles. The van der Waals surface area contributed by atoms with Crippen molar-refractivity contribution in [3.8, 4) is 0 Å². The van der Waals surface area contributed by atoms with Gasteiger partial charge in [0.15, 0.2) is 0 Å². The average molecular weight is 369 g/mol. The molecule has 0 aliphatic rings. The first-order chi connectivity index (χ1) is 8.66. The third-order valence-electron chi connectivity index (χ3n) is 2.49. The predicted molar refractivity (Wildman–Crippen MR) is 79.5 cm³/mol. The lowest BCUT2D eigenvalue weighted by Crippen LogP contribution is -2.22. The molecule has 92 valence electrons. The molecule has 0 radical (unpaired) electrons. The second-order valence-electron chi connectivity index (χ2n) is 3.78. The van der Waals surface area contributed by atoms with E-state index in [-0.39, 0.29) is 5.91 Å². The molecule has 2 aromatic rings. The van der Waals surface area contributed by atoms with Crippen LogP contribution in [0.1, 0.15) is 15.9 Å². The Labute approximate surface area is 123 Å². The number of benzene rings is 2. The Morgan fingerprint density at radius 3 is 2.44 bits per heavy atom. The standard InChI is InChI=1S/C14H11Br2NO/c15-12-7-6-11(13(16)8-12)9-17-14(18)10-4-2-1-3-5-10/h1-8H,9H2,(H,17,18). The maximum Gasteiger partial charge on any atom is 0.251 e. The molecule has 0 atom stereocenters. The Morgan fingerprint density at radius 2 is 1.78 bits per heavy atom. The van der Waals surface area contributed by atoms with E-state index >= 15 is 0 Å². The Morgan fingerprint density at radius 1 is 1.06 bits per heavy atom. The van der Waals surface area contributed by atoms with E-state index in [0.717, 1.165) is 14.5 Å². The summed E-state index contributed by atoms with van der Waals surface area (Å²) in [4.78, 5) is 11.9. The van der Waals surface area contributed by atoms with Crippen molar-refractivity contribution in [3.63, 3.8) is 0 Å². The Kier molecular flexibility index (Phi) is 4.55. The summed E-state index contributed by atoms with van der Waals surface area (Å²) in [5.74, 6) is -0.0644. The van der Waals surface area contributed by atoms with Crippen LogP contribution in [0.4, 0.5) is 0 Å². The van der Waals surface area contributed by atoms with Crippen molar-refractivity contribution in [2.24, 2.45) is 0 Å². The van der Waals surface area contributed by atoms with Gasteiger partial charge in [0.2, 0.25) is 0 Å². The van der Waals surface area contributed by atoms with Gasteiger partial charge < -0.3 is 5.32 Å². The zero-order chi connectivity index (χ0) is 13.0. The number of amides is 1. The van der Waals surface area contributed by atoms with Gasteiger partial charge in [0.1, 0.15) is 0 Å². The SMILES string of the molecule is O=C(NCc1ccc(Br)cc1Br)c1ccccc1. The van der Waals surface area contributed by atoms with Crippen molar-refractivity contribution in [2.75, 3.05) is 0 Å². The van der Waals surface area contributed by atoms with Crippen LogP contribution in [0.3, 0.4) is 0 Å². The molecule has 0 bridgehead atoms. The summed E-state index contributed by atoms with van der Waals surface area (Å²) < 4.78 is 1.98. The van der Waals surface area contributed by atoms with E-state index in [9.17, 15) is 4.79 Å². The summed E-state index contributed by atoms with van der Waals surface area (Å²) in [5, 5.41) is 2.89. The maximum atomic E-state index is 11.9. The van der Waals surface area contributed by atoms with E-state index in [1.807, 2.05) is 36.4 Å². The fraction of sp³-hybridized carbons (Fsp3) is 0.0714. The summed E-state index contributed by atoms with van der Waals surface area (Å²) in [6.07, 6.45) is 0. The second kappa shape index (κ2) is 6.16. The normalized spacial score (nSPS) is 10.1. The summed E-state index contributed by atoms with van der Waals surface area (Å²) in [5.41, 5.74) is 1.72. The quantitative estimate of drug-likeness (QED) is 0.866. The minimum Gasteiger partial charge on any atom is -0.348 e. The van der Waals surface area contributed by atoms with E-state index in [2.05, 4.69) is 37.2 Å². The topological polar surface area (TPSA) is 29.1 Å². The van der Waals surface area contributed by atoms with Crippen molar-refractivity contribution in [1.29, 1.82) is 0 Å². The number of rotatable bonds is 3. The Balaban J connectivity index is 2.02. The molecule has 0 unspecified atom stereocenters. The van der Waals surface area contributed by atoms with E-state index < -0.39 is 0 Å². The zero-order valence-corrected chi connectivity index (χ0v) is 12.7. The van der Waals surface area contributed by atoms with E-state index in [1.54, 1.807) is 12.1 Å². The molecule has 0 spiro atoms. The van der Waals surface area contributed by atoms with Crippen molar-refractivity contribution < 1.29 is 4.79 Å². The highest BCUT2D eigenvalue weighted by Gasteiger charge is 2.05. The van der Waals surface area contributed by atoms with Crippen LogP contribution in [-0.4, -0.2) is 5.91 Å². The third-order valence-corrected chi connectivity index (χ3v) is 3.72. The predicted octanol–water partition coefficient (Wildman–Crippen LogP) is 4.14. The lowest BCUT2D eigenvalue weighted by atomic mass is 10.2. The molecular weight excluding hydrogens is 358 g/mol. The van der Waals surface area contributed by atoms with Crippen LogP contribution in [0.15, 0.2) is 57.5 Å². The molecule has 0 fully saturated rings. The molecule has 0 saturated carbocycles. The van der Waals surface area contributed by atoms with E-state index in [0.29, 0.717) is 12.1 Å². The molecule has 4 heteroatoms. The van der Waals surface area contributed by atoms with Gasteiger partial charge in [-0.2, -0.15) is 0 Å². The summed E-state index contributed by atoms with van der Waals surface area (Å²) in [7, 11) is 0. The van der Waals surface area contributed by atoms with Crippen LogP contribution in [0.2, 0.25) is 0 Å². The van der Waals surface area contributed by atoms with Crippen molar-refractivity contribution in [1.82, 2.24) is 5.32 Å². The van der Waals surface area contributed by atoms with Gasteiger partial charge in [-0.3, -0.25) is 4.79 Å². The van der Waals surface area contributed by atoms with Gasteiger partial charge in [-0.1, -0.05) is 56.1 Å². The van der Waals surface area contributed by atoms with Crippen molar-refractivity contribution in [3.05, 3.63) is 68.6 Å². The van der Waals surface area contributed by atoms with Crippen LogP contribution in [0.5, 0.6) is 0 Å². The minimum atomic E-state index is -0.0644. The van der Waals surface area contributed by atoms with Crippen LogP contribution < -0.4 is 5.32 Å². The first-order valence-electron chi connectivity index (χ1n) is 5.44. The van der Waals surface area contributed by atoms with Gasteiger partial charge in [-0.25, -0.2) is 0 Å². The van der Waals surface area contributed by atoms with Crippen LogP contribution >= 0.6 is 31.9 Å². The molecular formula is C14H11Br2NO. The zero-order valence-electron chi connectivity index (χ0n) is 9.49. The molecule has 2 rings (SSSR count). The lowest BCUT2D eigenvalue weighted by molar-refractivity contribution is 0.0951. The highest BCUT2D eigenvalue weighted by Crippen LogP contribution is 2.21. The van der Waals surface area contributed by atoms with Crippen molar-refractivity contribution >= 4 is 37.8 Å². The van der Waals surface area contributed by atoms with Gasteiger partial charge in [0.05, 0.1) is 0 Å². The molecule has 2 aromatic carbocycles. The fourth-order valence-electron chi connectivity index (χ4n) is 1.53. The summed E-state index contributed by atoms with van der Waals surface area (Å²) in [6, 6.07) is 15.1. The smallest absolute Gasteiger partial charge is 0.251 e. The fourth-order valence-corrected chi connectivity index (χ4v) is 2.72. The Bertz CT molecular complexity index is 555. The van der Waals surface area contributed by atoms with E-state index in [1.165, 1.54) is 0 Å². The first kappa shape index (κ1) is 13.3. The van der Waals surface area contributed by atoms with Gasteiger partial charge in [0.25, 0.3) is 5.91 Å². The highest BCUT2D eigenvalue weighted by molar-refractivity contribution is 9.11. The number of halogens is 2. The third kappa shape index (κ3) is 3.43. The van der Waals surface area contributed by atoms with Crippen LogP contribution in [-0.2, 0) is 6.54 Å². The van der Waals surface area contributed by atoms with Crippen LogP contribution in [0.25, 0.3) is 0 Å². The number of carbonyl (C=O) groups excluding carboxylic acids is 1. The molecule has 1 amide bonds. The monoisotopic (exact) mass is 367 g/mol. The van der Waals surface area contributed by atoms with Gasteiger partial charge in [0, 0.05) is 21.1 Å². The Hall–Kier alpha value is -1.13. The van der Waals surface area contributed by atoms with Gasteiger partial charge >= 0.3 is 0 Å². The van der Waals surface area contributed by atoms with Gasteiger partial charge in [-0.05, 0) is 29.8 Å². The largest absolute Gasteiger partial charge is 0.348 e. The first-order valence-corrected chi connectivity index (χ1v) is 7.02. The number of carbonyl (C=O) groups is 1. The number of nitrogens with one attached hydrogen (secondary N) is 1. The van der Waals surface area contributed by atoms with Gasteiger partial charge in [-0.15, -0.1) is 0 Å². The minimum absolute atomic E-state index is 0.0644. The summed E-state index contributed by atoms with van der Waals surface area (Å²) in [6.45, 7) is 0.502. The molecule has 2 nitrogen and oxygen atoms in total. The maximum absolute atomic E-state index is 11.9. The van der Waals surface area contributed by atoms with E-state index in [4.69, 9.17) is 0 Å². The van der Waals surface area contributed by atoms with Crippen molar-refractivity contribution in [2.45, 2.75) is 6.54 Å². The molecule has 0 saturated heterocycles. The average Bonchev–Trinajstić information content (AvgIpc) is 2.38. The molecule has 1 N–H and O–H groups in total. The number of hydrogen-bond donors (Lipinski definition) is 1. The highest BCUT2D eigenvalue weighted by atomic mass is 79.9. The summed E-state index contributed by atoms with van der Waals surface area (Å²) >= 11 is 6.87. The second-order valence-corrected chi connectivity index (χ2v) is 5.55. The molecule has 0 aromatic heterocycles.